The van der Waals surface area contributed by atoms with Crippen molar-refractivity contribution in [1.82, 2.24) is 5.32 Å². The van der Waals surface area contributed by atoms with E-state index in [1.54, 1.807) is 35.5 Å². The average molecular weight is 319 g/mol. The number of aromatic hydroxyl groups is 1. The van der Waals surface area contributed by atoms with E-state index in [1.165, 1.54) is 0 Å². The molecule has 22 heavy (non-hydrogen) atoms. The number of phenols is 1. The number of rotatable bonds is 3. The molecule has 2 N–H and O–H groups in total. The molecular weight excluding hydrogens is 302 g/mol. The SMILES string of the molecule is O=C(NC1=CSCC=N1)c1ccc(N2CCOCC2)cc1O. The summed E-state index contributed by atoms with van der Waals surface area (Å²) in [5.74, 6) is 0.906. The van der Waals surface area contributed by atoms with Gasteiger partial charge < -0.3 is 20.1 Å². The number of carbonyl (C=O) groups excluding carboxylic acids is 1. The fourth-order valence-corrected chi connectivity index (χ4v) is 2.85. The zero-order valence-corrected chi connectivity index (χ0v) is 12.8. The van der Waals surface area contributed by atoms with Crippen molar-refractivity contribution in [3.63, 3.8) is 0 Å². The van der Waals surface area contributed by atoms with Gasteiger partial charge in [0.05, 0.1) is 18.8 Å². The van der Waals surface area contributed by atoms with Gasteiger partial charge in [-0.3, -0.25) is 4.79 Å². The molecule has 1 saturated heterocycles. The average Bonchev–Trinajstić information content (AvgIpc) is 2.56. The normalized spacial score (nSPS) is 18.0. The molecule has 116 valence electrons. The molecule has 0 radical (unpaired) electrons. The van der Waals surface area contributed by atoms with Gasteiger partial charge in [-0.25, -0.2) is 4.99 Å². The Balaban J connectivity index is 1.72. The minimum atomic E-state index is -0.364. The molecule has 1 fully saturated rings. The van der Waals surface area contributed by atoms with Gasteiger partial charge in [-0.05, 0) is 12.1 Å². The first-order chi connectivity index (χ1) is 10.7. The van der Waals surface area contributed by atoms with E-state index >= 15 is 0 Å². The predicted molar refractivity (Wildman–Crippen MR) is 87.6 cm³/mol. The van der Waals surface area contributed by atoms with Crippen LogP contribution < -0.4 is 10.2 Å². The van der Waals surface area contributed by atoms with E-state index in [0.29, 0.717) is 19.0 Å². The Bertz CT molecular complexity index is 624. The van der Waals surface area contributed by atoms with Crippen LogP contribution in [0, 0.1) is 0 Å². The second-order valence-electron chi connectivity index (χ2n) is 4.90. The van der Waals surface area contributed by atoms with Crippen molar-refractivity contribution in [2.45, 2.75) is 0 Å². The number of thioether (sulfide) groups is 1. The third-order valence-corrected chi connectivity index (χ3v) is 4.17. The van der Waals surface area contributed by atoms with Crippen molar-refractivity contribution in [1.29, 1.82) is 0 Å². The summed E-state index contributed by atoms with van der Waals surface area (Å²) in [5, 5.41) is 14.6. The highest BCUT2D eigenvalue weighted by Crippen LogP contribution is 2.25. The summed E-state index contributed by atoms with van der Waals surface area (Å²) in [4.78, 5) is 18.4. The Labute approximate surface area is 132 Å². The number of nitrogens with one attached hydrogen (secondary N) is 1. The number of amides is 1. The minimum Gasteiger partial charge on any atom is -0.507 e. The molecule has 3 rings (SSSR count). The monoisotopic (exact) mass is 319 g/mol. The van der Waals surface area contributed by atoms with Crippen molar-refractivity contribution in [2.75, 3.05) is 37.0 Å². The van der Waals surface area contributed by atoms with E-state index < -0.39 is 0 Å². The number of ether oxygens (including phenoxy) is 1. The lowest BCUT2D eigenvalue weighted by atomic mass is 10.1. The van der Waals surface area contributed by atoms with E-state index in [9.17, 15) is 9.90 Å². The number of morpholine rings is 1. The van der Waals surface area contributed by atoms with Gasteiger partial charge in [-0.2, -0.15) is 0 Å². The highest BCUT2D eigenvalue weighted by Gasteiger charge is 2.16. The first-order valence-corrected chi connectivity index (χ1v) is 8.10. The van der Waals surface area contributed by atoms with Gasteiger partial charge in [0.25, 0.3) is 5.91 Å². The van der Waals surface area contributed by atoms with Crippen LogP contribution in [0.2, 0.25) is 0 Å². The lowest BCUT2D eigenvalue weighted by molar-refractivity contribution is 0.0963. The Hall–Kier alpha value is -1.99. The smallest absolute Gasteiger partial charge is 0.260 e. The zero-order valence-electron chi connectivity index (χ0n) is 12.0. The molecule has 0 aromatic heterocycles. The summed E-state index contributed by atoms with van der Waals surface area (Å²) in [6.45, 7) is 2.91. The number of carbonyl (C=O) groups is 1. The van der Waals surface area contributed by atoms with Crippen LogP contribution in [0.4, 0.5) is 5.69 Å². The lowest BCUT2D eigenvalue weighted by Gasteiger charge is -2.29. The largest absolute Gasteiger partial charge is 0.507 e. The quantitative estimate of drug-likeness (QED) is 0.885. The third kappa shape index (κ3) is 3.42. The summed E-state index contributed by atoms with van der Waals surface area (Å²) < 4.78 is 5.31. The molecule has 0 unspecified atom stereocenters. The number of nitrogens with zero attached hydrogens (tertiary/aromatic N) is 2. The Kier molecular flexibility index (Phi) is 4.65. The van der Waals surface area contributed by atoms with Crippen molar-refractivity contribution in [2.24, 2.45) is 4.99 Å². The maximum Gasteiger partial charge on any atom is 0.260 e. The molecule has 1 amide bonds. The van der Waals surface area contributed by atoms with Crippen molar-refractivity contribution >= 4 is 29.6 Å². The summed E-state index contributed by atoms with van der Waals surface area (Å²) in [7, 11) is 0. The van der Waals surface area contributed by atoms with Crippen LogP contribution in [0.3, 0.4) is 0 Å². The van der Waals surface area contributed by atoms with Crippen molar-refractivity contribution in [3.05, 3.63) is 35.0 Å². The minimum absolute atomic E-state index is 0.0328. The highest BCUT2D eigenvalue weighted by atomic mass is 32.2. The van der Waals surface area contributed by atoms with Crippen LogP contribution >= 0.6 is 11.8 Å². The number of benzene rings is 1. The fourth-order valence-electron chi connectivity index (χ4n) is 2.31. The molecule has 2 heterocycles. The number of aliphatic imine (C=N–C) groups is 1. The van der Waals surface area contributed by atoms with Gasteiger partial charge in [0, 0.05) is 42.2 Å². The molecular formula is C15H17N3O3S. The highest BCUT2D eigenvalue weighted by molar-refractivity contribution is 8.02. The third-order valence-electron chi connectivity index (χ3n) is 3.44. The maximum atomic E-state index is 12.2. The molecule has 0 aliphatic carbocycles. The second-order valence-corrected chi connectivity index (χ2v) is 5.81. The molecule has 2 aliphatic rings. The number of hydrogen-bond acceptors (Lipinski definition) is 6. The van der Waals surface area contributed by atoms with Crippen LogP contribution in [0.25, 0.3) is 0 Å². The van der Waals surface area contributed by atoms with Gasteiger partial charge in [0.1, 0.15) is 11.6 Å². The Morgan fingerprint density at radius 2 is 2.18 bits per heavy atom. The van der Waals surface area contributed by atoms with Crippen LogP contribution in [0.5, 0.6) is 5.75 Å². The zero-order chi connectivity index (χ0) is 15.4. The number of phenolic OH excluding ortho intramolecular Hbond substituents is 1. The molecule has 6 nitrogen and oxygen atoms in total. The van der Waals surface area contributed by atoms with Gasteiger partial charge >= 0.3 is 0 Å². The number of hydrogen-bond donors (Lipinski definition) is 2. The molecule has 2 aliphatic heterocycles. The number of anilines is 1. The lowest BCUT2D eigenvalue weighted by Crippen LogP contribution is -2.36. The predicted octanol–water partition coefficient (Wildman–Crippen LogP) is 1.58. The molecule has 0 bridgehead atoms. The molecule has 7 heteroatoms. The summed E-state index contributed by atoms with van der Waals surface area (Å²) >= 11 is 1.56. The first kappa shape index (κ1) is 14.9. The topological polar surface area (TPSA) is 74.2 Å². The van der Waals surface area contributed by atoms with E-state index in [1.807, 2.05) is 6.07 Å². The van der Waals surface area contributed by atoms with Crippen molar-refractivity contribution in [3.8, 4) is 5.75 Å². The van der Waals surface area contributed by atoms with Crippen LogP contribution in [-0.2, 0) is 4.74 Å². The van der Waals surface area contributed by atoms with Gasteiger partial charge in [0.15, 0.2) is 0 Å². The van der Waals surface area contributed by atoms with Crippen LogP contribution in [-0.4, -0.2) is 49.3 Å². The summed E-state index contributed by atoms with van der Waals surface area (Å²) in [5.41, 5.74) is 1.13. The fraction of sp³-hybridized carbons (Fsp3) is 0.333. The second kappa shape index (κ2) is 6.85. The molecule has 0 atom stereocenters. The van der Waals surface area contributed by atoms with E-state index in [2.05, 4.69) is 15.2 Å². The van der Waals surface area contributed by atoms with Crippen LogP contribution in [0.15, 0.2) is 34.4 Å². The van der Waals surface area contributed by atoms with E-state index in [0.717, 1.165) is 24.5 Å². The maximum absolute atomic E-state index is 12.2. The molecule has 1 aromatic rings. The molecule has 0 spiro atoms. The Morgan fingerprint density at radius 3 is 2.86 bits per heavy atom. The van der Waals surface area contributed by atoms with E-state index in [-0.39, 0.29) is 17.2 Å². The summed E-state index contributed by atoms with van der Waals surface area (Å²) in [6.07, 6.45) is 1.74. The van der Waals surface area contributed by atoms with Crippen LogP contribution in [0.1, 0.15) is 10.4 Å². The molecule has 0 saturated carbocycles. The molecule has 1 aromatic carbocycles. The standard InChI is InChI=1S/C15H17N3O3S/c19-13-9-11(18-4-6-21-7-5-18)1-2-12(13)15(20)17-14-10-22-8-3-16-14/h1-3,9-10,19H,4-8H2,(H,17,20). The van der Waals surface area contributed by atoms with E-state index in [4.69, 9.17) is 4.74 Å². The van der Waals surface area contributed by atoms with Gasteiger partial charge in [-0.1, -0.05) is 0 Å². The first-order valence-electron chi connectivity index (χ1n) is 7.05. The van der Waals surface area contributed by atoms with Gasteiger partial charge in [0.2, 0.25) is 0 Å². The Morgan fingerprint density at radius 1 is 1.36 bits per heavy atom. The van der Waals surface area contributed by atoms with Gasteiger partial charge in [-0.15, -0.1) is 11.8 Å². The van der Waals surface area contributed by atoms with Crippen molar-refractivity contribution < 1.29 is 14.6 Å². The summed E-state index contributed by atoms with van der Waals surface area (Å²) in [6, 6.07) is 5.09.